The van der Waals surface area contributed by atoms with Gasteiger partial charge in [-0.25, -0.2) is 0 Å². The summed E-state index contributed by atoms with van der Waals surface area (Å²) in [5, 5.41) is 2.81. The van der Waals surface area contributed by atoms with E-state index in [2.05, 4.69) is 10.3 Å². The minimum absolute atomic E-state index is 0.0497. The van der Waals surface area contributed by atoms with Crippen molar-refractivity contribution in [1.82, 2.24) is 14.9 Å². The number of carbonyl (C=O) groups is 1. The molecule has 0 aliphatic carbocycles. The highest BCUT2D eigenvalue weighted by Gasteiger charge is 2.19. The number of fused-ring (bicyclic) bond motifs is 1. The quantitative estimate of drug-likeness (QED) is 0.833. The Morgan fingerprint density at radius 3 is 2.90 bits per heavy atom. The zero-order valence-corrected chi connectivity index (χ0v) is 12.7. The van der Waals surface area contributed by atoms with Gasteiger partial charge in [0.05, 0.1) is 12.1 Å². The summed E-state index contributed by atoms with van der Waals surface area (Å²) in [5.74, 6) is 0.698. The topological polar surface area (TPSA) is 59.0 Å². The molecule has 1 unspecified atom stereocenters. The van der Waals surface area contributed by atoms with Gasteiger partial charge >= 0.3 is 0 Å². The lowest BCUT2D eigenvalue weighted by Gasteiger charge is -2.14. The molecular formula is C14H19N3O2S. The van der Waals surface area contributed by atoms with Crippen LogP contribution < -0.4 is 10.1 Å². The SMILES string of the molecule is CCNC(=O)C(C)n1c(=S)[nH]c2c(OCC)cccc21. The first kappa shape index (κ1) is 14.6. The first-order chi connectivity index (χ1) is 9.60. The van der Waals surface area contributed by atoms with Crippen LogP contribution in [0.3, 0.4) is 0 Å². The molecule has 0 saturated carbocycles. The Morgan fingerprint density at radius 2 is 2.25 bits per heavy atom. The van der Waals surface area contributed by atoms with Gasteiger partial charge in [0, 0.05) is 6.54 Å². The fourth-order valence-electron chi connectivity index (χ4n) is 2.22. The van der Waals surface area contributed by atoms with Crippen LogP contribution in [0.25, 0.3) is 11.0 Å². The lowest BCUT2D eigenvalue weighted by atomic mass is 10.2. The van der Waals surface area contributed by atoms with Crippen molar-refractivity contribution in [2.75, 3.05) is 13.2 Å². The molecule has 0 bridgehead atoms. The van der Waals surface area contributed by atoms with Crippen LogP contribution in [0.4, 0.5) is 0 Å². The van der Waals surface area contributed by atoms with E-state index in [-0.39, 0.29) is 11.9 Å². The molecule has 6 heteroatoms. The monoisotopic (exact) mass is 293 g/mol. The summed E-state index contributed by atoms with van der Waals surface area (Å²) < 4.78 is 7.92. The Kier molecular flexibility index (Phi) is 4.44. The molecule has 0 saturated heterocycles. The number of nitrogens with one attached hydrogen (secondary N) is 2. The van der Waals surface area contributed by atoms with E-state index in [4.69, 9.17) is 17.0 Å². The van der Waals surface area contributed by atoms with E-state index in [1.807, 2.05) is 43.5 Å². The zero-order valence-electron chi connectivity index (χ0n) is 11.9. The maximum absolute atomic E-state index is 12.0. The third-order valence-corrected chi connectivity index (χ3v) is 3.43. The summed E-state index contributed by atoms with van der Waals surface area (Å²) >= 11 is 5.35. The average molecular weight is 293 g/mol. The average Bonchev–Trinajstić information content (AvgIpc) is 2.76. The number of rotatable bonds is 5. The summed E-state index contributed by atoms with van der Waals surface area (Å²) in [6.07, 6.45) is 0. The molecule has 2 aromatic rings. The van der Waals surface area contributed by atoms with Crippen LogP contribution in [0.1, 0.15) is 26.8 Å². The number of H-pyrrole nitrogens is 1. The maximum Gasteiger partial charge on any atom is 0.242 e. The Balaban J connectivity index is 2.54. The van der Waals surface area contributed by atoms with E-state index >= 15 is 0 Å². The number of para-hydroxylation sites is 1. The Labute approximate surface area is 122 Å². The molecule has 0 radical (unpaired) electrons. The zero-order chi connectivity index (χ0) is 14.7. The van der Waals surface area contributed by atoms with Gasteiger partial charge in [-0.15, -0.1) is 0 Å². The van der Waals surface area contributed by atoms with Crippen molar-refractivity contribution in [1.29, 1.82) is 0 Å². The van der Waals surface area contributed by atoms with Gasteiger partial charge in [0.15, 0.2) is 4.77 Å². The molecule has 1 aromatic heterocycles. The maximum atomic E-state index is 12.0. The number of ether oxygens (including phenoxy) is 1. The molecule has 2 rings (SSSR count). The predicted molar refractivity (Wildman–Crippen MR) is 81.7 cm³/mol. The normalized spacial score (nSPS) is 12.3. The summed E-state index contributed by atoms with van der Waals surface area (Å²) in [5.41, 5.74) is 1.70. The van der Waals surface area contributed by atoms with Gasteiger partial charge in [0.2, 0.25) is 5.91 Å². The van der Waals surface area contributed by atoms with Crippen LogP contribution in [0.5, 0.6) is 5.75 Å². The van der Waals surface area contributed by atoms with Gasteiger partial charge in [0.1, 0.15) is 17.3 Å². The summed E-state index contributed by atoms with van der Waals surface area (Å²) in [4.78, 5) is 15.2. The van der Waals surface area contributed by atoms with E-state index in [9.17, 15) is 4.79 Å². The van der Waals surface area contributed by atoms with E-state index in [0.29, 0.717) is 17.9 Å². The van der Waals surface area contributed by atoms with Crippen molar-refractivity contribution in [3.63, 3.8) is 0 Å². The lowest BCUT2D eigenvalue weighted by Crippen LogP contribution is -2.30. The third kappa shape index (κ3) is 2.56. The summed E-state index contributed by atoms with van der Waals surface area (Å²) in [7, 11) is 0. The fraction of sp³-hybridized carbons (Fsp3) is 0.429. The minimum Gasteiger partial charge on any atom is -0.492 e. The van der Waals surface area contributed by atoms with Crippen LogP contribution in [0.2, 0.25) is 0 Å². The van der Waals surface area contributed by atoms with E-state index in [1.54, 1.807) is 0 Å². The molecule has 1 heterocycles. The van der Waals surface area contributed by atoms with Crippen molar-refractivity contribution >= 4 is 29.2 Å². The molecular weight excluding hydrogens is 274 g/mol. The van der Waals surface area contributed by atoms with E-state index < -0.39 is 0 Å². The first-order valence-corrected chi connectivity index (χ1v) is 7.14. The predicted octanol–water partition coefficient (Wildman–Crippen LogP) is 2.79. The van der Waals surface area contributed by atoms with Gasteiger partial charge in [-0.3, -0.25) is 4.79 Å². The van der Waals surface area contributed by atoms with Crippen LogP contribution in [0, 0.1) is 4.77 Å². The second kappa shape index (κ2) is 6.09. The number of nitrogens with zero attached hydrogens (tertiary/aromatic N) is 1. The number of imidazole rings is 1. The molecule has 5 nitrogen and oxygen atoms in total. The molecule has 0 spiro atoms. The summed E-state index contributed by atoms with van der Waals surface area (Å²) in [6.45, 7) is 6.84. The number of hydrogen-bond acceptors (Lipinski definition) is 3. The molecule has 1 atom stereocenters. The molecule has 0 aliphatic rings. The molecule has 0 fully saturated rings. The molecule has 0 aliphatic heterocycles. The minimum atomic E-state index is -0.368. The third-order valence-electron chi connectivity index (χ3n) is 3.13. The van der Waals surface area contributed by atoms with Crippen LogP contribution in [-0.2, 0) is 4.79 Å². The van der Waals surface area contributed by atoms with Crippen LogP contribution in [0.15, 0.2) is 18.2 Å². The van der Waals surface area contributed by atoms with Crippen molar-refractivity contribution in [3.05, 3.63) is 23.0 Å². The number of benzene rings is 1. The second-order valence-electron chi connectivity index (χ2n) is 4.45. The molecule has 20 heavy (non-hydrogen) atoms. The van der Waals surface area contributed by atoms with Crippen LogP contribution in [-0.4, -0.2) is 28.6 Å². The lowest BCUT2D eigenvalue weighted by molar-refractivity contribution is -0.123. The Hall–Kier alpha value is -1.82. The van der Waals surface area contributed by atoms with Gasteiger partial charge in [-0.2, -0.15) is 0 Å². The number of likely N-dealkylation sites (N-methyl/N-ethyl adjacent to an activating group) is 1. The molecule has 1 aromatic carbocycles. The molecule has 1 amide bonds. The van der Waals surface area contributed by atoms with Gasteiger partial charge in [-0.1, -0.05) is 6.07 Å². The van der Waals surface area contributed by atoms with Gasteiger partial charge in [0.25, 0.3) is 0 Å². The van der Waals surface area contributed by atoms with Crippen LogP contribution >= 0.6 is 12.2 Å². The van der Waals surface area contributed by atoms with E-state index in [0.717, 1.165) is 16.8 Å². The largest absolute Gasteiger partial charge is 0.492 e. The van der Waals surface area contributed by atoms with Crippen molar-refractivity contribution < 1.29 is 9.53 Å². The highest BCUT2D eigenvalue weighted by atomic mass is 32.1. The highest BCUT2D eigenvalue weighted by molar-refractivity contribution is 7.71. The number of aromatic amines is 1. The fourth-order valence-corrected chi connectivity index (χ4v) is 2.58. The number of amides is 1. The molecule has 108 valence electrons. The first-order valence-electron chi connectivity index (χ1n) is 6.73. The van der Waals surface area contributed by atoms with Crippen molar-refractivity contribution in [2.45, 2.75) is 26.8 Å². The number of hydrogen-bond donors (Lipinski definition) is 2. The number of aromatic nitrogens is 2. The summed E-state index contributed by atoms with van der Waals surface area (Å²) in [6, 6.07) is 5.35. The van der Waals surface area contributed by atoms with Gasteiger partial charge < -0.3 is 19.6 Å². The Bertz CT molecular complexity index is 675. The van der Waals surface area contributed by atoms with E-state index in [1.165, 1.54) is 0 Å². The standard InChI is InChI=1S/C14H19N3O2S/c1-4-15-13(18)9(3)17-10-7-6-8-11(19-5-2)12(10)16-14(17)20/h6-9H,4-5H2,1-3H3,(H,15,18)(H,16,20). The molecule has 2 N–H and O–H groups in total. The number of carbonyl (C=O) groups excluding carboxylic acids is 1. The van der Waals surface area contributed by atoms with Crippen molar-refractivity contribution in [2.24, 2.45) is 0 Å². The van der Waals surface area contributed by atoms with Gasteiger partial charge in [-0.05, 0) is 45.1 Å². The smallest absolute Gasteiger partial charge is 0.242 e. The highest BCUT2D eigenvalue weighted by Crippen LogP contribution is 2.27. The Morgan fingerprint density at radius 1 is 1.50 bits per heavy atom. The second-order valence-corrected chi connectivity index (χ2v) is 4.84. The van der Waals surface area contributed by atoms with Crippen molar-refractivity contribution in [3.8, 4) is 5.75 Å².